The van der Waals surface area contributed by atoms with E-state index in [1.807, 2.05) is 0 Å². The van der Waals surface area contributed by atoms with Crippen molar-refractivity contribution in [2.45, 2.75) is 6.54 Å². The summed E-state index contributed by atoms with van der Waals surface area (Å²) in [5, 5.41) is 0. The molecule has 0 aliphatic rings. The first-order valence-electron chi connectivity index (χ1n) is 4.73. The predicted molar refractivity (Wildman–Crippen MR) is 54.8 cm³/mol. The third-order valence-corrected chi connectivity index (χ3v) is 2.12. The van der Waals surface area contributed by atoms with Crippen LogP contribution in [0.1, 0.15) is 5.56 Å². The van der Waals surface area contributed by atoms with Crippen molar-refractivity contribution < 1.29 is 23.1 Å². The number of rotatable bonds is 2. The second-order valence-electron chi connectivity index (χ2n) is 3.39. The lowest BCUT2D eigenvalue weighted by atomic mass is 10.2. The molecule has 0 saturated carbocycles. The number of ether oxygens (including phenoxy) is 1. The second kappa shape index (κ2) is 5.38. The number of esters is 1. The molecule has 4 nitrogen and oxygen atoms in total. The lowest BCUT2D eigenvalue weighted by molar-refractivity contribution is -0.157. The number of carbonyl (C=O) groups excluding carboxylic acids is 2. The summed E-state index contributed by atoms with van der Waals surface area (Å²) in [6, 6.07) is 2.90. The van der Waals surface area contributed by atoms with Gasteiger partial charge in [-0.2, -0.15) is 0 Å². The highest BCUT2D eigenvalue weighted by atomic mass is 19.1. The lowest BCUT2D eigenvalue weighted by Gasteiger charge is -2.15. The predicted octanol–water partition coefficient (Wildman–Crippen LogP) is 1.10. The number of amides is 1. The fraction of sp³-hybridized carbons (Fsp3) is 0.273. The van der Waals surface area contributed by atoms with Crippen molar-refractivity contribution in [3.05, 3.63) is 35.4 Å². The van der Waals surface area contributed by atoms with Crippen LogP contribution in [-0.2, 0) is 20.9 Å². The molecule has 0 spiro atoms. The van der Waals surface area contributed by atoms with Gasteiger partial charge in [-0.25, -0.2) is 13.6 Å². The van der Waals surface area contributed by atoms with E-state index >= 15 is 0 Å². The largest absolute Gasteiger partial charge is 0.462 e. The Morgan fingerprint density at radius 1 is 1.35 bits per heavy atom. The maximum Gasteiger partial charge on any atom is 0.396 e. The number of nitrogens with zero attached hydrogens (tertiary/aromatic N) is 1. The standard InChI is InChI=1S/C11H11F2NO3/c1-14(10(15)11(16)17-2)6-7-5-8(12)3-4-9(7)13/h3-5H,6H2,1-2H3. The van der Waals surface area contributed by atoms with Gasteiger partial charge in [-0.15, -0.1) is 0 Å². The zero-order chi connectivity index (χ0) is 13.0. The van der Waals surface area contributed by atoms with Crippen molar-refractivity contribution in [3.8, 4) is 0 Å². The number of hydrogen-bond acceptors (Lipinski definition) is 3. The van der Waals surface area contributed by atoms with E-state index in [0.29, 0.717) is 0 Å². The minimum absolute atomic E-state index is 0.00949. The van der Waals surface area contributed by atoms with Crippen LogP contribution in [0.2, 0.25) is 0 Å². The van der Waals surface area contributed by atoms with E-state index in [1.165, 1.54) is 7.05 Å². The average molecular weight is 243 g/mol. The molecule has 0 aliphatic heterocycles. The summed E-state index contributed by atoms with van der Waals surface area (Å²) in [4.78, 5) is 23.2. The Hall–Kier alpha value is -1.98. The Labute approximate surface area is 96.8 Å². The molecule has 0 unspecified atom stereocenters. The molecule has 0 N–H and O–H groups in total. The molecule has 0 bridgehead atoms. The molecule has 6 heteroatoms. The molecule has 0 atom stereocenters. The highest BCUT2D eigenvalue weighted by molar-refractivity contribution is 6.32. The molecule has 1 aromatic rings. The van der Waals surface area contributed by atoms with Gasteiger partial charge in [0.05, 0.1) is 7.11 Å². The van der Waals surface area contributed by atoms with E-state index in [0.717, 1.165) is 30.2 Å². The molecule has 1 aromatic carbocycles. The van der Waals surface area contributed by atoms with Crippen LogP contribution in [0.3, 0.4) is 0 Å². The minimum Gasteiger partial charge on any atom is -0.462 e. The van der Waals surface area contributed by atoms with Crippen molar-refractivity contribution in [1.29, 1.82) is 0 Å². The number of halogens is 2. The molecule has 92 valence electrons. The normalized spacial score (nSPS) is 9.88. The second-order valence-corrected chi connectivity index (χ2v) is 3.39. The maximum absolute atomic E-state index is 13.3. The van der Waals surface area contributed by atoms with Crippen molar-refractivity contribution in [3.63, 3.8) is 0 Å². The van der Waals surface area contributed by atoms with E-state index in [2.05, 4.69) is 4.74 Å². The van der Waals surface area contributed by atoms with Crippen LogP contribution in [0.25, 0.3) is 0 Å². The topological polar surface area (TPSA) is 46.6 Å². The van der Waals surface area contributed by atoms with Crippen LogP contribution in [0.4, 0.5) is 8.78 Å². The molecule has 1 rings (SSSR count). The van der Waals surface area contributed by atoms with Crippen LogP contribution in [0.5, 0.6) is 0 Å². The highest BCUT2D eigenvalue weighted by Gasteiger charge is 2.20. The SMILES string of the molecule is COC(=O)C(=O)N(C)Cc1cc(F)ccc1F. The third kappa shape index (κ3) is 3.24. The van der Waals surface area contributed by atoms with E-state index in [-0.39, 0.29) is 12.1 Å². The zero-order valence-corrected chi connectivity index (χ0v) is 9.37. The number of likely N-dealkylation sites (N-methyl/N-ethyl adjacent to an activating group) is 1. The summed E-state index contributed by atoms with van der Waals surface area (Å²) >= 11 is 0. The van der Waals surface area contributed by atoms with Gasteiger partial charge in [0.15, 0.2) is 0 Å². The molecular weight excluding hydrogens is 232 g/mol. The molecule has 0 aromatic heterocycles. The third-order valence-electron chi connectivity index (χ3n) is 2.12. The summed E-state index contributed by atoms with van der Waals surface area (Å²) in [6.45, 7) is -0.211. The molecule has 0 heterocycles. The van der Waals surface area contributed by atoms with Gasteiger partial charge in [0.2, 0.25) is 0 Å². The molecule has 0 aliphatic carbocycles. The Kier molecular flexibility index (Phi) is 4.14. The number of hydrogen-bond donors (Lipinski definition) is 0. The molecule has 1 amide bonds. The zero-order valence-electron chi connectivity index (χ0n) is 9.37. The molecule has 0 fully saturated rings. The smallest absolute Gasteiger partial charge is 0.396 e. The lowest BCUT2D eigenvalue weighted by Crippen LogP contribution is -2.33. The first-order chi connectivity index (χ1) is 7.95. The van der Waals surface area contributed by atoms with Gasteiger partial charge in [0.25, 0.3) is 0 Å². The van der Waals surface area contributed by atoms with Crippen molar-refractivity contribution in [2.75, 3.05) is 14.2 Å². The van der Waals surface area contributed by atoms with Crippen LogP contribution >= 0.6 is 0 Å². The number of benzene rings is 1. The average Bonchev–Trinajstić information content (AvgIpc) is 2.31. The summed E-state index contributed by atoms with van der Waals surface area (Å²) < 4.78 is 30.3. The van der Waals surface area contributed by atoms with Crippen LogP contribution in [0.15, 0.2) is 18.2 Å². The van der Waals surface area contributed by atoms with Gasteiger partial charge in [-0.3, -0.25) is 4.79 Å². The Morgan fingerprint density at radius 2 is 2.00 bits per heavy atom. The Morgan fingerprint density at radius 3 is 2.59 bits per heavy atom. The summed E-state index contributed by atoms with van der Waals surface area (Å²) in [6.07, 6.45) is 0. The van der Waals surface area contributed by atoms with Crippen molar-refractivity contribution >= 4 is 11.9 Å². The van der Waals surface area contributed by atoms with E-state index < -0.39 is 23.5 Å². The van der Waals surface area contributed by atoms with Crippen molar-refractivity contribution in [1.82, 2.24) is 4.90 Å². The fourth-order valence-electron chi connectivity index (χ4n) is 1.23. The number of methoxy groups -OCH3 is 1. The highest BCUT2D eigenvalue weighted by Crippen LogP contribution is 2.11. The Bertz CT molecular complexity index is 448. The summed E-state index contributed by atoms with van der Waals surface area (Å²) in [7, 11) is 2.36. The molecule has 0 radical (unpaired) electrons. The van der Waals surface area contributed by atoms with Crippen LogP contribution < -0.4 is 0 Å². The monoisotopic (exact) mass is 243 g/mol. The van der Waals surface area contributed by atoms with Gasteiger partial charge in [-0.1, -0.05) is 0 Å². The van der Waals surface area contributed by atoms with E-state index in [9.17, 15) is 18.4 Å². The van der Waals surface area contributed by atoms with Gasteiger partial charge in [-0.05, 0) is 18.2 Å². The van der Waals surface area contributed by atoms with Crippen LogP contribution in [0, 0.1) is 11.6 Å². The van der Waals surface area contributed by atoms with Crippen molar-refractivity contribution in [2.24, 2.45) is 0 Å². The quantitative estimate of drug-likeness (QED) is 0.577. The summed E-state index contributed by atoms with van der Waals surface area (Å²) in [5.41, 5.74) is -0.00949. The van der Waals surface area contributed by atoms with Gasteiger partial charge in [0.1, 0.15) is 11.6 Å². The first kappa shape index (κ1) is 13.1. The van der Waals surface area contributed by atoms with Gasteiger partial charge >= 0.3 is 11.9 Å². The number of carbonyl (C=O) groups is 2. The Balaban J connectivity index is 2.80. The fourth-order valence-corrected chi connectivity index (χ4v) is 1.23. The van der Waals surface area contributed by atoms with Crippen LogP contribution in [-0.4, -0.2) is 30.9 Å². The van der Waals surface area contributed by atoms with E-state index in [4.69, 9.17) is 0 Å². The van der Waals surface area contributed by atoms with Gasteiger partial charge < -0.3 is 9.64 Å². The molecule has 17 heavy (non-hydrogen) atoms. The molecular formula is C11H11F2NO3. The molecule has 0 saturated heterocycles. The summed E-state index contributed by atoms with van der Waals surface area (Å²) in [5.74, 6) is -3.23. The maximum atomic E-state index is 13.3. The van der Waals surface area contributed by atoms with Gasteiger partial charge in [0, 0.05) is 19.2 Å². The van der Waals surface area contributed by atoms with E-state index in [1.54, 1.807) is 0 Å². The minimum atomic E-state index is -1.05. The first-order valence-corrected chi connectivity index (χ1v) is 4.73.